The van der Waals surface area contributed by atoms with Crippen LogP contribution in [0.15, 0.2) is 65.8 Å². The summed E-state index contributed by atoms with van der Waals surface area (Å²) in [5, 5.41) is 8.09. The van der Waals surface area contributed by atoms with E-state index < -0.39 is 0 Å². The van der Waals surface area contributed by atoms with E-state index >= 15 is 0 Å². The van der Waals surface area contributed by atoms with Crippen molar-refractivity contribution in [3.05, 3.63) is 83.2 Å². The number of nitrogens with one attached hydrogen (secondary N) is 1. The fraction of sp³-hybridized carbons (Fsp3) is 0.143. The first kappa shape index (κ1) is 18.2. The number of hydrogen-bond donors (Lipinski definition) is 1. The maximum Gasteiger partial charge on any atom is 0.255 e. The molecule has 0 aliphatic carbocycles. The molecule has 28 heavy (non-hydrogen) atoms. The van der Waals surface area contributed by atoms with Gasteiger partial charge in [-0.2, -0.15) is 4.98 Å². The Morgan fingerprint density at radius 1 is 1.04 bits per heavy atom. The van der Waals surface area contributed by atoms with Gasteiger partial charge in [0.2, 0.25) is 5.16 Å². The van der Waals surface area contributed by atoms with Gasteiger partial charge in [0, 0.05) is 28.4 Å². The summed E-state index contributed by atoms with van der Waals surface area (Å²) in [6, 6.07) is 19.0. The van der Waals surface area contributed by atoms with Crippen LogP contribution in [0.5, 0.6) is 0 Å². The summed E-state index contributed by atoms with van der Waals surface area (Å²) in [5.41, 5.74) is 4.25. The number of nitrogens with zero attached hydrogens (tertiary/aromatic N) is 4. The number of carbonyl (C=O) groups is 1. The first-order valence-corrected chi connectivity index (χ1v) is 9.87. The van der Waals surface area contributed by atoms with Crippen LogP contribution in [0.3, 0.4) is 0 Å². The molecule has 0 unspecified atom stereocenters. The molecule has 0 fully saturated rings. The number of thioether (sulfide) groups is 1. The smallest absolute Gasteiger partial charge is 0.255 e. The van der Waals surface area contributed by atoms with Gasteiger partial charge in [-0.25, -0.2) is 9.50 Å². The summed E-state index contributed by atoms with van der Waals surface area (Å²) >= 11 is 1.49. The van der Waals surface area contributed by atoms with Gasteiger partial charge in [-0.1, -0.05) is 48.2 Å². The van der Waals surface area contributed by atoms with Gasteiger partial charge in [0.15, 0.2) is 0 Å². The van der Waals surface area contributed by atoms with Gasteiger partial charge in [-0.15, -0.1) is 5.10 Å². The van der Waals surface area contributed by atoms with E-state index in [0.717, 1.165) is 22.6 Å². The highest BCUT2D eigenvalue weighted by Gasteiger charge is 2.13. The summed E-state index contributed by atoms with van der Waals surface area (Å²) in [7, 11) is 0. The van der Waals surface area contributed by atoms with Crippen molar-refractivity contribution in [2.24, 2.45) is 0 Å². The topological polar surface area (TPSA) is 72.2 Å². The Hall–Kier alpha value is -3.19. The Morgan fingerprint density at radius 3 is 2.61 bits per heavy atom. The Kier molecular flexibility index (Phi) is 5.08. The van der Waals surface area contributed by atoms with Gasteiger partial charge >= 0.3 is 0 Å². The molecule has 0 saturated heterocycles. The van der Waals surface area contributed by atoms with Gasteiger partial charge in [0.05, 0.1) is 0 Å². The molecule has 1 N–H and O–H groups in total. The van der Waals surface area contributed by atoms with Crippen molar-refractivity contribution >= 4 is 29.1 Å². The zero-order valence-electron chi connectivity index (χ0n) is 15.6. The van der Waals surface area contributed by atoms with Crippen molar-refractivity contribution in [3.63, 3.8) is 0 Å². The molecule has 4 rings (SSSR count). The Labute approximate surface area is 167 Å². The highest BCUT2D eigenvalue weighted by molar-refractivity contribution is 7.98. The van der Waals surface area contributed by atoms with Gasteiger partial charge in [-0.05, 0) is 43.7 Å². The minimum Gasteiger partial charge on any atom is -0.322 e. The van der Waals surface area contributed by atoms with Crippen molar-refractivity contribution in [1.82, 2.24) is 19.6 Å². The van der Waals surface area contributed by atoms with Gasteiger partial charge < -0.3 is 5.32 Å². The molecule has 140 valence electrons. The zero-order chi connectivity index (χ0) is 19.5. The SMILES string of the molecule is Cc1cc(C)n2nc(SCc3ccccc3C(=O)Nc3ccccc3)nc2n1. The summed E-state index contributed by atoms with van der Waals surface area (Å²) in [6.07, 6.45) is 0. The summed E-state index contributed by atoms with van der Waals surface area (Å²) in [5.74, 6) is 1.06. The number of anilines is 1. The third kappa shape index (κ3) is 3.89. The van der Waals surface area contributed by atoms with Crippen LogP contribution in [0.4, 0.5) is 5.69 Å². The van der Waals surface area contributed by atoms with Crippen LogP contribution in [0.2, 0.25) is 0 Å². The molecular weight excluding hydrogens is 370 g/mol. The number of rotatable bonds is 5. The molecule has 0 saturated carbocycles. The second-order valence-electron chi connectivity index (χ2n) is 6.41. The lowest BCUT2D eigenvalue weighted by atomic mass is 10.1. The first-order chi connectivity index (χ1) is 13.6. The minimum absolute atomic E-state index is 0.126. The second kappa shape index (κ2) is 7.82. The van der Waals surface area contributed by atoms with Crippen molar-refractivity contribution < 1.29 is 4.79 Å². The van der Waals surface area contributed by atoms with Crippen LogP contribution in [-0.2, 0) is 5.75 Å². The molecule has 0 spiro atoms. The minimum atomic E-state index is -0.126. The lowest BCUT2D eigenvalue weighted by molar-refractivity contribution is 0.102. The first-order valence-electron chi connectivity index (χ1n) is 8.88. The van der Waals surface area contributed by atoms with Gasteiger partial charge in [0.1, 0.15) is 0 Å². The second-order valence-corrected chi connectivity index (χ2v) is 7.35. The van der Waals surface area contributed by atoms with Crippen LogP contribution in [0, 0.1) is 13.8 Å². The largest absolute Gasteiger partial charge is 0.322 e. The van der Waals surface area contributed by atoms with E-state index in [1.54, 1.807) is 4.52 Å². The van der Waals surface area contributed by atoms with Crippen molar-refractivity contribution in [2.45, 2.75) is 24.8 Å². The van der Waals surface area contributed by atoms with Crippen molar-refractivity contribution in [3.8, 4) is 0 Å². The summed E-state index contributed by atoms with van der Waals surface area (Å²) < 4.78 is 1.74. The predicted molar refractivity (Wildman–Crippen MR) is 111 cm³/mol. The van der Waals surface area contributed by atoms with E-state index in [-0.39, 0.29) is 5.91 Å². The molecule has 2 aromatic heterocycles. The number of carbonyl (C=O) groups excluding carboxylic acids is 1. The van der Waals surface area contributed by atoms with Crippen LogP contribution < -0.4 is 5.32 Å². The molecule has 1 amide bonds. The van der Waals surface area contributed by atoms with Gasteiger partial charge in [0.25, 0.3) is 11.7 Å². The number of para-hydroxylation sites is 1. The molecule has 0 atom stereocenters. The monoisotopic (exact) mass is 389 g/mol. The van der Waals surface area contributed by atoms with Crippen LogP contribution >= 0.6 is 11.8 Å². The van der Waals surface area contributed by atoms with E-state index in [2.05, 4.69) is 20.4 Å². The fourth-order valence-corrected chi connectivity index (χ4v) is 3.76. The average molecular weight is 389 g/mol. The highest BCUT2D eigenvalue weighted by atomic mass is 32.2. The lowest BCUT2D eigenvalue weighted by Gasteiger charge is -2.09. The molecule has 7 heteroatoms. The Balaban J connectivity index is 1.53. The molecule has 0 bridgehead atoms. The molecule has 2 aromatic carbocycles. The van der Waals surface area contributed by atoms with Gasteiger partial charge in [-0.3, -0.25) is 4.79 Å². The average Bonchev–Trinajstić information content (AvgIpc) is 3.10. The molecule has 0 aliphatic heterocycles. The fourth-order valence-electron chi connectivity index (χ4n) is 2.94. The number of aromatic nitrogens is 4. The van der Waals surface area contributed by atoms with E-state index in [1.807, 2.05) is 74.5 Å². The number of amides is 1. The predicted octanol–water partition coefficient (Wildman–Crippen LogP) is 4.29. The highest BCUT2D eigenvalue weighted by Crippen LogP contribution is 2.23. The molecule has 6 nitrogen and oxygen atoms in total. The van der Waals surface area contributed by atoms with Crippen LogP contribution in [0.25, 0.3) is 5.78 Å². The van der Waals surface area contributed by atoms with Crippen LogP contribution in [0.1, 0.15) is 27.3 Å². The molecule has 0 aliphatic rings. The number of aryl methyl sites for hydroxylation is 2. The normalized spacial score (nSPS) is 10.9. The summed E-state index contributed by atoms with van der Waals surface area (Å²) in [4.78, 5) is 21.6. The van der Waals surface area contributed by atoms with E-state index in [9.17, 15) is 4.79 Å². The molecule has 4 aromatic rings. The number of benzene rings is 2. The molecular formula is C21H19N5OS. The standard InChI is InChI=1S/C21H19N5OS/c1-14-12-15(2)26-20(22-14)24-21(25-26)28-13-16-8-6-7-11-18(16)19(27)23-17-9-4-3-5-10-17/h3-12H,13H2,1-2H3,(H,23,27). The van der Waals surface area contributed by atoms with Crippen molar-refractivity contribution in [2.75, 3.05) is 5.32 Å². The Morgan fingerprint density at radius 2 is 1.79 bits per heavy atom. The van der Waals surface area contributed by atoms with E-state index in [4.69, 9.17) is 0 Å². The Bertz CT molecular complexity index is 1140. The molecule has 2 heterocycles. The number of hydrogen-bond acceptors (Lipinski definition) is 5. The van der Waals surface area contributed by atoms with E-state index in [0.29, 0.717) is 22.3 Å². The number of fused-ring (bicyclic) bond motifs is 1. The zero-order valence-corrected chi connectivity index (χ0v) is 16.4. The van der Waals surface area contributed by atoms with Crippen molar-refractivity contribution in [1.29, 1.82) is 0 Å². The third-order valence-electron chi connectivity index (χ3n) is 4.25. The van der Waals surface area contributed by atoms with E-state index in [1.165, 1.54) is 11.8 Å². The lowest BCUT2D eigenvalue weighted by Crippen LogP contribution is -2.13. The summed E-state index contributed by atoms with van der Waals surface area (Å²) in [6.45, 7) is 3.92. The maximum atomic E-state index is 12.7. The molecule has 0 radical (unpaired) electrons. The van der Waals surface area contributed by atoms with Crippen LogP contribution in [-0.4, -0.2) is 25.5 Å². The maximum absolute atomic E-state index is 12.7. The third-order valence-corrected chi connectivity index (χ3v) is 5.14. The quantitative estimate of drug-likeness (QED) is 0.516.